The summed E-state index contributed by atoms with van der Waals surface area (Å²) < 4.78 is 0. The van der Waals surface area contributed by atoms with Crippen molar-refractivity contribution in [3.8, 4) is 0 Å². The first-order chi connectivity index (χ1) is 8.63. The lowest BCUT2D eigenvalue weighted by Gasteiger charge is -2.28. The molecule has 0 saturated heterocycles. The van der Waals surface area contributed by atoms with Crippen LogP contribution in [-0.4, -0.2) is 23.4 Å². The predicted octanol–water partition coefficient (Wildman–Crippen LogP) is 2.26. The number of anilines is 2. The molecule has 0 radical (unpaired) electrons. The molecule has 1 aliphatic carbocycles. The van der Waals surface area contributed by atoms with E-state index in [2.05, 4.69) is 0 Å². The van der Waals surface area contributed by atoms with Crippen LogP contribution in [0.15, 0.2) is 18.2 Å². The highest BCUT2D eigenvalue weighted by Gasteiger charge is 2.26. The third kappa shape index (κ3) is 2.42. The largest absolute Gasteiger partial charge is 0.399 e. The zero-order valence-corrected chi connectivity index (χ0v) is 10.9. The number of rotatable bonds is 3. The molecule has 1 aromatic rings. The third-order valence-corrected chi connectivity index (χ3v) is 3.67. The molecule has 1 aromatic carbocycles. The van der Waals surface area contributed by atoms with Gasteiger partial charge in [-0.15, -0.1) is 0 Å². The molecule has 0 atom stereocenters. The molecule has 0 heterocycles. The van der Waals surface area contributed by atoms with Gasteiger partial charge < -0.3 is 16.4 Å². The molecule has 4 nitrogen and oxygen atoms in total. The molecule has 98 valence electrons. The molecule has 1 saturated carbocycles. The first-order valence-corrected chi connectivity index (χ1v) is 6.59. The molecule has 1 amide bonds. The molecule has 4 N–H and O–H groups in total. The lowest BCUT2D eigenvalue weighted by Crippen LogP contribution is -2.38. The van der Waals surface area contributed by atoms with Gasteiger partial charge >= 0.3 is 0 Å². The Morgan fingerprint density at radius 2 is 2.00 bits per heavy atom. The summed E-state index contributed by atoms with van der Waals surface area (Å²) in [6, 6.07) is 5.48. The fourth-order valence-electron chi connectivity index (χ4n) is 2.71. The van der Waals surface area contributed by atoms with Gasteiger partial charge in [-0.2, -0.15) is 0 Å². The number of benzene rings is 1. The van der Waals surface area contributed by atoms with Crippen molar-refractivity contribution in [2.45, 2.75) is 38.6 Å². The quantitative estimate of drug-likeness (QED) is 0.805. The highest BCUT2D eigenvalue weighted by Crippen LogP contribution is 2.26. The maximum absolute atomic E-state index is 12.5. The fourth-order valence-corrected chi connectivity index (χ4v) is 2.71. The minimum atomic E-state index is 0.0295. The van der Waals surface area contributed by atoms with Crippen molar-refractivity contribution in [1.29, 1.82) is 0 Å². The standard InChI is InChI=1S/C14H21N3O/c1-2-17(11-5-3-4-6-11)14(18)12-8-7-10(15)9-13(12)16/h7-9,11H,2-6,15-16H2,1H3. The van der Waals surface area contributed by atoms with Crippen LogP contribution in [0.5, 0.6) is 0 Å². The van der Waals surface area contributed by atoms with Gasteiger partial charge in [0.1, 0.15) is 0 Å². The van der Waals surface area contributed by atoms with Crippen LogP contribution in [-0.2, 0) is 0 Å². The van der Waals surface area contributed by atoms with Crippen molar-refractivity contribution in [2.75, 3.05) is 18.0 Å². The Morgan fingerprint density at radius 1 is 1.33 bits per heavy atom. The van der Waals surface area contributed by atoms with Crippen LogP contribution in [0.2, 0.25) is 0 Å². The van der Waals surface area contributed by atoms with Gasteiger partial charge in [-0.1, -0.05) is 12.8 Å². The van der Waals surface area contributed by atoms with Crippen LogP contribution in [0.4, 0.5) is 11.4 Å². The number of hydrogen-bond acceptors (Lipinski definition) is 3. The van der Waals surface area contributed by atoms with E-state index in [4.69, 9.17) is 11.5 Å². The van der Waals surface area contributed by atoms with Crippen LogP contribution >= 0.6 is 0 Å². The summed E-state index contributed by atoms with van der Waals surface area (Å²) in [5.41, 5.74) is 13.2. The highest BCUT2D eigenvalue weighted by molar-refractivity contribution is 5.99. The number of nitrogen functional groups attached to an aromatic ring is 2. The average molecular weight is 247 g/mol. The summed E-state index contributed by atoms with van der Waals surface area (Å²) in [4.78, 5) is 14.4. The van der Waals surface area contributed by atoms with Crippen LogP contribution < -0.4 is 11.5 Å². The van der Waals surface area contributed by atoms with E-state index in [0.717, 1.165) is 19.4 Å². The van der Waals surface area contributed by atoms with Crippen LogP contribution in [0, 0.1) is 0 Å². The molecule has 2 rings (SSSR count). The predicted molar refractivity (Wildman–Crippen MR) is 74.2 cm³/mol. The van der Waals surface area contributed by atoms with Crippen LogP contribution in [0.3, 0.4) is 0 Å². The van der Waals surface area contributed by atoms with E-state index < -0.39 is 0 Å². The molecule has 18 heavy (non-hydrogen) atoms. The van der Waals surface area contributed by atoms with Crippen LogP contribution in [0.1, 0.15) is 43.0 Å². The molecule has 4 heteroatoms. The fraction of sp³-hybridized carbons (Fsp3) is 0.500. The Morgan fingerprint density at radius 3 is 2.56 bits per heavy atom. The molecular formula is C14H21N3O. The molecule has 0 spiro atoms. The third-order valence-electron chi connectivity index (χ3n) is 3.67. The van der Waals surface area contributed by atoms with Crippen molar-refractivity contribution < 1.29 is 4.79 Å². The van der Waals surface area contributed by atoms with E-state index in [1.807, 2.05) is 11.8 Å². The Balaban J connectivity index is 2.22. The van der Waals surface area contributed by atoms with Crippen LogP contribution in [0.25, 0.3) is 0 Å². The van der Waals surface area contributed by atoms with Gasteiger partial charge in [0.05, 0.1) is 5.56 Å². The van der Waals surface area contributed by atoms with E-state index in [1.54, 1.807) is 18.2 Å². The molecule has 1 aliphatic rings. The van der Waals surface area contributed by atoms with Gasteiger partial charge in [0.2, 0.25) is 0 Å². The van der Waals surface area contributed by atoms with E-state index >= 15 is 0 Å². The summed E-state index contributed by atoms with van der Waals surface area (Å²) in [5, 5.41) is 0. The molecular weight excluding hydrogens is 226 g/mol. The molecule has 1 fully saturated rings. The minimum Gasteiger partial charge on any atom is -0.399 e. The number of amides is 1. The van der Waals surface area contributed by atoms with Gasteiger partial charge in [0, 0.05) is 24.0 Å². The second-order valence-corrected chi connectivity index (χ2v) is 4.88. The molecule has 0 unspecified atom stereocenters. The van der Waals surface area contributed by atoms with Crippen molar-refractivity contribution >= 4 is 17.3 Å². The van der Waals surface area contributed by atoms with E-state index in [9.17, 15) is 4.79 Å². The second kappa shape index (κ2) is 5.29. The molecule has 0 aromatic heterocycles. The number of carbonyl (C=O) groups is 1. The second-order valence-electron chi connectivity index (χ2n) is 4.88. The van der Waals surface area contributed by atoms with Crippen molar-refractivity contribution in [3.05, 3.63) is 23.8 Å². The lowest BCUT2D eigenvalue weighted by atomic mass is 10.1. The minimum absolute atomic E-state index is 0.0295. The zero-order valence-electron chi connectivity index (χ0n) is 10.9. The Bertz CT molecular complexity index is 439. The van der Waals surface area contributed by atoms with Gasteiger partial charge in [-0.3, -0.25) is 4.79 Å². The summed E-state index contributed by atoms with van der Waals surface area (Å²) in [6.45, 7) is 2.75. The number of carbonyl (C=O) groups excluding carboxylic acids is 1. The van der Waals surface area contributed by atoms with E-state index in [1.165, 1.54) is 12.8 Å². The van der Waals surface area contributed by atoms with E-state index in [-0.39, 0.29) is 5.91 Å². The molecule has 0 aliphatic heterocycles. The SMILES string of the molecule is CCN(C(=O)c1ccc(N)cc1N)C1CCCC1. The van der Waals surface area contributed by atoms with Crippen molar-refractivity contribution in [3.63, 3.8) is 0 Å². The molecule has 0 bridgehead atoms. The van der Waals surface area contributed by atoms with E-state index in [0.29, 0.717) is 23.0 Å². The lowest BCUT2D eigenvalue weighted by molar-refractivity contribution is 0.0694. The topological polar surface area (TPSA) is 72.3 Å². The maximum Gasteiger partial charge on any atom is 0.256 e. The summed E-state index contributed by atoms with van der Waals surface area (Å²) in [5.74, 6) is 0.0295. The Hall–Kier alpha value is -1.71. The monoisotopic (exact) mass is 247 g/mol. The van der Waals surface area contributed by atoms with Gasteiger partial charge in [-0.05, 0) is 38.0 Å². The van der Waals surface area contributed by atoms with Gasteiger partial charge in [0.25, 0.3) is 5.91 Å². The van der Waals surface area contributed by atoms with Crippen molar-refractivity contribution in [2.24, 2.45) is 0 Å². The van der Waals surface area contributed by atoms with Gasteiger partial charge in [-0.25, -0.2) is 0 Å². The van der Waals surface area contributed by atoms with Crippen molar-refractivity contribution in [1.82, 2.24) is 4.90 Å². The first-order valence-electron chi connectivity index (χ1n) is 6.59. The summed E-state index contributed by atoms with van der Waals surface area (Å²) in [6.07, 6.45) is 4.64. The summed E-state index contributed by atoms with van der Waals surface area (Å²) >= 11 is 0. The first kappa shape index (κ1) is 12.7. The smallest absolute Gasteiger partial charge is 0.256 e. The average Bonchev–Trinajstić information content (AvgIpc) is 2.83. The number of nitrogens with two attached hydrogens (primary N) is 2. The highest BCUT2D eigenvalue weighted by atomic mass is 16.2. The summed E-state index contributed by atoms with van der Waals surface area (Å²) in [7, 11) is 0. The number of hydrogen-bond donors (Lipinski definition) is 2. The Kier molecular flexibility index (Phi) is 3.75. The van der Waals surface area contributed by atoms with Gasteiger partial charge in [0.15, 0.2) is 0 Å². The Labute approximate surface area is 108 Å². The maximum atomic E-state index is 12.5. The number of nitrogens with zero attached hydrogens (tertiary/aromatic N) is 1. The normalized spacial score (nSPS) is 15.8. The zero-order chi connectivity index (χ0) is 13.1.